The molecule has 2 heterocycles. The highest BCUT2D eigenvalue weighted by Gasteiger charge is 2.04. The van der Waals surface area contributed by atoms with Crippen molar-refractivity contribution in [2.45, 2.75) is 13.8 Å². The summed E-state index contributed by atoms with van der Waals surface area (Å²) >= 11 is 0. The van der Waals surface area contributed by atoms with E-state index in [1.165, 1.54) is 0 Å². The minimum Gasteiger partial charge on any atom is -0.340 e. The lowest BCUT2D eigenvalue weighted by molar-refractivity contribution is 1.06. The topological polar surface area (TPSA) is 75.6 Å². The molecule has 6 heteroatoms. The highest BCUT2D eigenvalue weighted by Crippen LogP contribution is 2.23. The van der Waals surface area contributed by atoms with Gasteiger partial charge in [0.25, 0.3) is 0 Å². The normalized spacial score (nSPS) is 10.5. The maximum absolute atomic E-state index is 4.42. The van der Waals surface area contributed by atoms with Crippen LogP contribution in [0.25, 0.3) is 11.3 Å². The van der Waals surface area contributed by atoms with E-state index in [0.29, 0.717) is 5.95 Å². The van der Waals surface area contributed by atoms with Crippen molar-refractivity contribution in [3.05, 3.63) is 84.4 Å². The third-order valence-corrected chi connectivity index (χ3v) is 4.11. The predicted molar refractivity (Wildman–Crippen MR) is 112 cm³/mol. The number of aryl methyl sites for hydroxylation is 2. The summed E-state index contributed by atoms with van der Waals surface area (Å²) in [6, 6.07) is 21.8. The van der Waals surface area contributed by atoms with Crippen molar-refractivity contribution in [1.82, 2.24) is 19.9 Å². The van der Waals surface area contributed by atoms with Crippen molar-refractivity contribution < 1.29 is 0 Å². The molecule has 2 aromatic carbocycles. The molecule has 2 N–H and O–H groups in total. The highest BCUT2D eigenvalue weighted by molar-refractivity contribution is 5.68. The minimum absolute atomic E-state index is 0.586. The van der Waals surface area contributed by atoms with Crippen LogP contribution < -0.4 is 10.6 Å². The van der Waals surface area contributed by atoms with Crippen LogP contribution >= 0.6 is 0 Å². The van der Waals surface area contributed by atoms with Crippen molar-refractivity contribution in [3.8, 4) is 11.3 Å². The SMILES string of the molecule is Cc1cc(C)nc(Nc2cccc(Nc3cc(-c4ccccc4)ncn3)c2)n1. The van der Waals surface area contributed by atoms with Gasteiger partial charge in [0.05, 0.1) is 5.69 Å². The molecule has 2 aromatic heterocycles. The molecule has 0 spiro atoms. The summed E-state index contributed by atoms with van der Waals surface area (Å²) in [5.41, 5.74) is 5.59. The molecule has 0 aliphatic heterocycles. The zero-order valence-corrected chi connectivity index (χ0v) is 15.7. The van der Waals surface area contributed by atoms with Gasteiger partial charge in [-0.2, -0.15) is 0 Å². The lowest BCUT2D eigenvalue weighted by Gasteiger charge is -2.10. The molecule has 0 aliphatic carbocycles. The summed E-state index contributed by atoms with van der Waals surface area (Å²) in [4.78, 5) is 17.5. The molecule has 138 valence electrons. The molecule has 28 heavy (non-hydrogen) atoms. The third kappa shape index (κ3) is 4.29. The van der Waals surface area contributed by atoms with Crippen molar-refractivity contribution in [3.63, 3.8) is 0 Å². The molecule has 4 aromatic rings. The van der Waals surface area contributed by atoms with Crippen LogP contribution in [0.2, 0.25) is 0 Å². The predicted octanol–water partition coefficient (Wildman–Crippen LogP) is 5.04. The van der Waals surface area contributed by atoms with Gasteiger partial charge in [-0.05, 0) is 38.1 Å². The van der Waals surface area contributed by atoms with E-state index >= 15 is 0 Å². The van der Waals surface area contributed by atoms with E-state index in [4.69, 9.17) is 0 Å². The molecular weight excluding hydrogens is 348 g/mol. The van der Waals surface area contributed by atoms with Gasteiger partial charge in [-0.3, -0.25) is 0 Å². The molecule has 4 rings (SSSR count). The van der Waals surface area contributed by atoms with Crippen LogP contribution in [0, 0.1) is 13.8 Å². The Kier molecular flexibility index (Phi) is 4.93. The summed E-state index contributed by atoms with van der Waals surface area (Å²) in [6.07, 6.45) is 1.57. The largest absolute Gasteiger partial charge is 0.340 e. The van der Waals surface area contributed by atoms with Crippen molar-refractivity contribution in [2.75, 3.05) is 10.6 Å². The number of nitrogens with zero attached hydrogens (tertiary/aromatic N) is 4. The molecular formula is C22H20N6. The second kappa shape index (κ2) is 7.84. The summed E-state index contributed by atoms with van der Waals surface area (Å²) in [6.45, 7) is 3.91. The average Bonchev–Trinajstić information content (AvgIpc) is 2.68. The van der Waals surface area contributed by atoms with E-state index < -0.39 is 0 Å². The van der Waals surface area contributed by atoms with E-state index in [1.807, 2.05) is 80.6 Å². The third-order valence-electron chi connectivity index (χ3n) is 4.11. The summed E-state index contributed by atoms with van der Waals surface area (Å²) in [5.74, 6) is 1.32. The van der Waals surface area contributed by atoms with Gasteiger partial charge in [-0.15, -0.1) is 0 Å². The smallest absolute Gasteiger partial charge is 0.227 e. The van der Waals surface area contributed by atoms with Crippen LogP contribution in [0.3, 0.4) is 0 Å². The quantitative estimate of drug-likeness (QED) is 0.514. The molecule has 0 saturated carbocycles. The van der Waals surface area contributed by atoms with Crippen molar-refractivity contribution in [1.29, 1.82) is 0 Å². The lowest BCUT2D eigenvalue weighted by Crippen LogP contribution is -2.01. The Labute approximate surface area is 163 Å². The lowest BCUT2D eigenvalue weighted by atomic mass is 10.1. The second-order valence-corrected chi connectivity index (χ2v) is 6.46. The first-order valence-corrected chi connectivity index (χ1v) is 8.99. The Balaban J connectivity index is 1.54. The zero-order chi connectivity index (χ0) is 19.3. The van der Waals surface area contributed by atoms with Gasteiger partial charge in [0.1, 0.15) is 12.1 Å². The van der Waals surface area contributed by atoms with Gasteiger partial charge >= 0.3 is 0 Å². The van der Waals surface area contributed by atoms with Gasteiger partial charge < -0.3 is 10.6 Å². The molecule has 0 unspecified atom stereocenters. The number of hydrogen-bond donors (Lipinski definition) is 2. The van der Waals surface area contributed by atoms with Gasteiger partial charge in [-0.25, -0.2) is 19.9 Å². The molecule has 0 bridgehead atoms. The van der Waals surface area contributed by atoms with Crippen LogP contribution in [-0.2, 0) is 0 Å². The second-order valence-electron chi connectivity index (χ2n) is 6.46. The monoisotopic (exact) mass is 368 g/mol. The molecule has 0 amide bonds. The highest BCUT2D eigenvalue weighted by atomic mass is 15.1. The minimum atomic E-state index is 0.586. The number of nitrogens with one attached hydrogen (secondary N) is 2. The first kappa shape index (κ1) is 17.6. The van der Waals surface area contributed by atoms with E-state index in [-0.39, 0.29) is 0 Å². The number of benzene rings is 2. The first-order chi connectivity index (χ1) is 13.7. The van der Waals surface area contributed by atoms with Crippen LogP contribution in [-0.4, -0.2) is 19.9 Å². The molecule has 6 nitrogen and oxygen atoms in total. The number of rotatable bonds is 5. The molecule has 0 fully saturated rings. The fourth-order valence-electron chi connectivity index (χ4n) is 2.93. The number of aromatic nitrogens is 4. The van der Waals surface area contributed by atoms with Gasteiger partial charge in [-0.1, -0.05) is 36.4 Å². The summed E-state index contributed by atoms with van der Waals surface area (Å²) < 4.78 is 0. The maximum atomic E-state index is 4.42. The van der Waals surface area contributed by atoms with E-state index in [9.17, 15) is 0 Å². The van der Waals surface area contributed by atoms with Crippen LogP contribution in [0.5, 0.6) is 0 Å². The fourth-order valence-corrected chi connectivity index (χ4v) is 2.93. The van der Waals surface area contributed by atoms with Crippen molar-refractivity contribution in [2.24, 2.45) is 0 Å². The Bertz CT molecular complexity index is 1070. The van der Waals surface area contributed by atoms with Gasteiger partial charge in [0.15, 0.2) is 0 Å². The zero-order valence-electron chi connectivity index (χ0n) is 15.7. The number of hydrogen-bond acceptors (Lipinski definition) is 6. The van der Waals surface area contributed by atoms with Crippen molar-refractivity contribution >= 4 is 23.1 Å². The average molecular weight is 368 g/mol. The van der Waals surface area contributed by atoms with Gasteiger partial charge in [0, 0.05) is 34.4 Å². The standard InChI is InChI=1S/C22H20N6/c1-15-11-16(2)26-22(25-15)28-19-10-6-9-18(12-19)27-21-13-20(23-14-24-21)17-7-4-3-5-8-17/h3-14H,1-2H3,(H,23,24,27)(H,25,26,28). The number of anilines is 4. The Morgan fingerprint density at radius 3 is 2.14 bits per heavy atom. The van der Waals surface area contributed by atoms with Gasteiger partial charge in [0.2, 0.25) is 5.95 Å². The van der Waals surface area contributed by atoms with E-state index in [0.717, 1.165) is 39.8 Å². The van der Waals surface area contributed by atoms with E-state index in [1.54, 1.807) is 6.33 Å². The summed E-state index contributed by atoms with van der Waals surface area (Å²) in [5, 5.41) is 6.59. The Morgan fingerprint density at radius 2 is 1.39 bits per heavy atom. The van der Waals surface area contributed by atoms with Crippen LogP contribution in [0.15, 0.2) is 73.1 Å². The van der Waals surface area contributed by atoms with Crippen LogP contribution in [0.1, 0.15) is 11.4 Å². The molecule has 0 aliphatic rings. The molecule has 0 radical (unpaired) electrons. The van der Waals surface area contributed by atoms with Crippen LogP contribution in [0.4, 0.5) is 23.1 Å². The maximum Gasteiger partial charge on any atom is 0.227 e. The fraction of sp³-hybridized carbons (Fsp3) is 0.0909. The summed E-state index contributed by atoms with van der Waals surface area (Å²) in [7, 11) is 0. The first-order valence-electron chi connectivity index (χ1n) is 8.99. The molecule has 0 atom stereocenters. The molecule has 0 saturated heterocycles. The van der Waals surface area contributed by atoms with E-state index in [2.05, 4.69) is 30.6 Å². The Morgan fingerprint density at radius 1 is 0.679 bits per heavy atom. The Hall–Kier alpha value is -3.80.